The Morgan fingerprint density at radius 2 is 1.38 bits per heavy atom. The summed E-state index contributed by atoms with van der Waals surface area (Å²) in [5, 5.41) is 0. The van der Waals surface area contributed by atoms with Gasteiger partial charge < -0.3 is 4.48 Å². The van der Waals surface area contributed by atoms with Crippen LogP contribution in [0.1, 0.15) is 47.5 Å². The van der Waals surface area contributed by atoms with Crippen molar-refractivity contribution in [1.29, 1.82) is 0 Å². The van der Waals surface area contributed by atoms with Gasteiger partial charge >= 0.3 is 0 Å². The third-order valence-corrected chi connectivity index (χ3v) is 2.82. The largest absolute Gasteiger partial charge is 0.324 e. The Morgan fingerprint density at radius 3 is 1.62 bits per heavy atom. The van der Waals surface area contributed by atoms with Crippen LogP contribution in [0.2, 0.25) is 0 Å². The van der Waals surface area contributed by atoms with Gasteiger partial charge in [0.25, 0.3) is 0 Å². The van der Waals surface area contributed by atoms with E-state index in [9.17, 15) is 0 Å². The summed E-state index contributed by atoms with van der Waals surface area (Å²) in [5.74, 6) is 0.832. The number of rotatable bonds is 7. The standard InChI is InChI=1S/C12H28N/c1-6-9-13(8-3,10-7-2)11-12(4)5/h12H,6-11H2,1-5H3/q+1. The van der Waals surface area contributed by atoms with Crippen molar-refractivity contribution < 1.29 is 4.48 Å². The second-order valence-electron chi connectivity index (χ2n) is 4.68. The molecule has 0 radical (unpaired) electrons. The van der Waals surface area contributed by atoms with E-state index in [-0.39, 0.29) is 0 Å². The van der Waals surface area contributed by atoms with Crippen molar-refractivity contribution in [2.75, 3.05) is 26.2 Å². The highest BCUT2D eigenvalue weighted by atomic mass is 15.3. The molecule has 0 aromatic carbocycles. The van der Waals surface area contributed by atoms with Gasteiger partial charge in [-0.2, -0.15) is 0 Å². The Kier molecular flexibility index (Phi) is 6.40. The maximum absolute atomic E-state index is 2.34. The molecule has 13 heavy (non-hydrogen) atoms. The minimum absolute atomic E-state index is 0.832. The molecule has 0 spiro atoms. The Hall–Kier alpha value is -0.0400. The first-order valence-electron chi connectivity index (χ1n) is 5.95. The molecule has 1 heteroatoms. The lowest BCUT2D eigenvalue weighted by atomic mass is 10.1. The fourth-order valence-corrected chi connectivity index (χ4v) is 2.46. The Labute approximate surface area is 84.7 Å². The van der Waals surface area contributed by atoms with Crippen LogP contribution in [-0.2, 0) is 0 Å². The molecule has 0 bridgehead atoms. The Balaban J connectivity index is 4.24. The zero-order valence-electron chi connectivity index (χ0n) is 10.3. The summed E-state index contributed by atoms with van der Waals surface area (Å²) in [4.78, 5) is 0. The van der Waals surface area contributed by atoms with Gasteiger partial charge in [0.1, 0.15) is 0 Å². The normalized spacial score (nSPS) is 12.5. The smallest absolute Gasteiger partial charge is 0.0809 e. The number of hydrogen-bond donors (Lipinski definition) is 0. The van der Waals surface area contributed by atoms with Crippen molar-refractivity contribution in [3.05, 3.63) is 0 Å². The van der Waals surface area contributed by atoms with E-state index < -0.39 is 0 Å². The molecule has 0 atom stereocenters. The number of quaternary nitrogens is 1. The predicted octanol–water partition coefficient (Wildman–Crippen LogP) is 3.30. The summed E-state index contributed by atoms with van der Waals surface area (Å²) in [6.07, 6.45) is 2.64. The molecule has 0 saturated heterocycles. The van der Waals surface area contributed by atoms with Crippen LogP contribution in [0.15, 0.2) is 0 Å². The van der Waals surface area contributed by atoms with Gasteiger partial charge in [0.2, 0.25) is 0 Å². The summed E-state index contributed by atoms with van der Waals surface area (Å²) in [5.41, 5.74) is 0. The summed E-state index contributed by atoms with van der Waals surface area (Å²) < 4.78 is 1.34. The molecule has 0 aliphatic rings. The molecule has 0 aromatic rings. The summed E-state index contributed by atoms with van der Waals surface area (Å²) >= 11 is 0. The van der Waals surface area contributed by atoms with Gasteiger partial charge in [-0.1, -0.05) is 27.7 Å². The average Bonchev–Trinajstić information content (AvgIpc) is 2.04. The highest BCUT2D eigenvalue weighted by Crippen LogP contribution is 2.13. The molecule has 0 fully saturated rings. The van der Waals surface area contributed by atoms with Gasteiger partial charge in [-0.3, -0.25) is 0 Å². The monoisotopic (exact) mass is 186 g/mol. The Morgan fingerprint density at radius 1 is 0.923 bits per heavy atom. The molecule has 0 aliphatic carbocycles. The maximum Gasteiger partial charge on any atom is 0.0809 e. The minimum atomic E-state index is 0.832. The molecule has 1 nitrogen and oxygen atoms in total. The minimum Gasteiger partial charge on any atom is -0.324 e. The molecular weight excluding hydrogens is 158 g/mol. The van der Waals surface area contributed by atoms with Crippen LogP contribution in [0, 0.1) is 5.92 Å². The van der Waals surface area contributed by atoms with Gasteiger partial charge in [0.05, 0.1) is 26.2 Å². The third-order valence-electron chi connectivity index (χ3n) is 2.82. The van der Waals surface area contributed by atoms with Crippen LogP contribution in [0.25, 0.3) is 0 Å². The molecule has 0 aliphatic heterocycles. The van der Waals surface area contributed by atoms with Crippen LogP contribution >= 0.6 is 0 Å². The SMILES string of the molecule is CCC[N+](CC)(CCC)CC(C)C. The Bertz CT molecular complexity index is 112. The summed E-state index contributed by atoms with van der Waals surface area (Å²) in [7, 11) is 0. The van der Waals surface area contributed by atoms with E-state index in [2.05, 4.69) is 34.6 Å². The van der Waals surface area contributed by atoms with Crippen molar-refractivity contribution in [2.24, 2.45) is 5.92 Å². The van der Waals surface area contributed by atoms with Crippen molar-refractivity contribution in [2.45, 2.75) is 47.5 Å². The molecule has 0 saturated carbocycles. The van der Waals surface area contributed by atoms with Crippen LogP contribution in [-0.4, -0.2) is 30.7 Å². The van der Waals surface area contributed by atoms with E-state index in [0.717, 1.165) is 5.92 Å². The van der Waals surface area contributed by atoms with Gasteiger partial charge in [0.15, 0.2) is 0 Å². The first-order valence-corrected chi connectivity index (χ1v) is 5.95. The van der Waals surface area contributed by atoms with Crippen LogP contribution < -0.4 is 0 Å². The topological polar surface area (TPSA) is 0 Å². The second kappa shape index (κ2) is 6.42. The lowest BCUT2D eigenvalue weighted by Gasteiger charge is -2.39. The van der Waals surface area contributed by atoms with E-state index in [1.165, 1.54) is 43.5 Å². The zero-order chi connectivity index (χ0) is 10.3. The molecule has 0 heterocycles. The van der Waals surface area contributed by atoms with Crippen LogP contribution in [0.3, 0.4) is 0 Å². The fraction of sp³-hybridized carbons (Fsp3) is 1.00. The van der Waals surface area contributed by atoms with Crippen molar-refractivity contribution in [3.63, 3.8) is 0 Å². The maximum atomic E-state index is 2.34. The first-order chi connectivity index (χ1) is 6.10. The van der Waals surface area contributed by atoms with Gasteiger partial charge in [-0.05, 0) is 19.8 Å². The molecular formula is C12H28N+. The van der Waals surface area contributed by atoms with Crippen molar-refractivity contribution in [3.8, 4) is 0 Å². The van der Waals surface area contributed by atoms with E-state index >= 15 is 0 Å². The average molecular weight is 186 g/mol. The van der Waals surface area contributed by atoms with Crippen molar-refractivity contribution >= 4 is 0 Å². The quantitative estimate of drug-likeness (QED) is 0.535. The zero-order valence-corrected chi connectivity index (χ0v) is 10.3. The van der Waals surface area contributed by atoms with E-state index in [1.54, 1.807) is 0 Å². The third kappa shape index (κ3) is 4.66. The first kappa shape index (κ1) is 13.0. The fourth-order valence-electron chi connectivity index (χ4n) is 2.46. The molecule has 80 valence electrons. The van der Waals surface area contributed by atoms with E-state index in [4.69, 9.17) is 0 Å². The molecule has 0 aromatic heterocycles. The van der Waals surface area contributed by atoms with Gasteiger partial charge in [0, 0.05) is 5.92 Å². The molecule has 0 rings (SSSR count). The van der Waals surface area contributed by atoms with Gasteiger partial charge in [-0.25, -0.2) is 0 Å². The summed E-state index contributed by atoms with van der Waals surface area (Å²) in [6.45, 7) is 17.0. The summed E-state index contributed by atoms with van der Waals surface area (Å²) in [6, 6.07) is 0. The number of nitrogens with zero attached hydrogens (tertiary/aromatic N) is 1. The highest BCUT2D eigenvalue weighted by Gasteiger charge is 2.23. The van der Waals surface area contributed by atoms with Crippen LogP contribution in [0.4, 0.5) is 0 Å². The van der Waals surface area contributed by atoms with E-state index in [0.29, 0.717) is 0 Å². The lowest BCUT2D eigenvalue weighted by Crippen LogP contribution is -2.51. The molecule has 0 unspecified atom stereocenters. The van der Waals surface area contributed by atoms with Crippen molar-refractivity contribution in [1.82, 2.24) is 0 Å². The lowest BCUT2D eigenvalue weighted by molar-refractivity contribution is -0.929. The highest BCUT2D eigenvalue weighted by molar-refractivity contribution is 4.47. The van der Waals surface area contributed by atoms with Gasteiger partial charge in [-0.15, -0.1) is 0 Å². The predicted molar refractivity (Wildman–Crippen MR) is 60.8 cm³/mol. The molecule has 0 amide bonds. The van der Waals surface area contributed by atoms with E-state index in [1.807, 2.05) is 0 Å². The second-order valence-corrected chi connectivity index (χ2v) is 4.68. The number of hydrogen-bond acceptors (Lipinski definition) is 0. The van der Waals surface area contributed by atoms with Crippen LogP contribution in [0.5, 0.6) is 0 Å². The molecule has 0 N–H and O–H groups in total.